The van der Waals surface area contributed by atoms with Crippen LogP contribution in [-0.2, 0) is 6.54 Å². The van der Waals surface area contributed by atoms with Gasteiger partial charge in [0.25, 0.3) is 0 Å². The number of nitrogens with zero attached hydrogens (tertiary/aromatic N) is 1. The number of hydrogen-bond donors (Lipinski definition) is 3. The minimum absolute atomic E-state index is 0.151. The predicted octanol–water partition coefficient (Wildman–Crippen LogP) is 3.64. The third kappa shape index (κ3) is 5.27. The maximum absolute atomic E-state index is 10.2. The van der Waals surface area contributed by atoms with Crippen LogP contribution in [0.1, 0.15) is 33.3 Å². The SMILES string of the molecule is CC.CC(C)S(O)(O)c1cccc(CN2CCNCC2)c1. The van der Waals surface area contributed by atoms with Crippen LogP contribution < -0.4 is 5.32 Å². The maximum Gasteiger partial charge on any atom is 0.0589 e. The average molecular weight is 314 g/mol. The highest BCUT2D eigenvalue weighted by Crippen LogP contribution is 2.52. The van der Waals surface area contributed by atoms with E-state index in [1.165, 1.54) is 0 Å². The number of piperazine rings is 1. The molecule has 1 heterocycles. The molecule has 1 fully saturated rings. The van der Waals surface area contributed by atoms with E-state index in [2.05, 4.69) is 16.3 Å². The van der Waals surface area contributed by atoms with Gasteiger partial charge < -0.3 is 5.32 Å². The highest BCUT2D eigenvalue weighted by Gasteiger charge is 2.20. The van der Waals surface area contributed by atoms with Gasteiger partial charge in [-0.15, -0.1) is 0 Å². The molecule has 0 aromatic heterocycles. The summed E-state index contributed by atoms with van der Waals surface area (Å²) in [5, 5.41) is 3.18. The second-order valence-corrected chi connectivity index (χ2v) is 7.92. The van der Waals surface area contributed by atoms with Crippen molar-refractivity contribution in [2.45, 2.75) is 44.4 Å². The number of nitrogens with one attached hydrogen (secondary N) is 1. The van der Waals surface area contributed by atoms with Gasteiger partial charge in [-0.25, -0.2) is 0 Å². The largest absolute Gasteiger partial charge is 0.314 e. The van der Waals surface area contributed by atoms with E-state index in [1.807, 2.05) is 45.9 Å². The Morgan fingerprint density at radius 2 is 1.81 bits per heavy atom. The number of hydrogen-bond acceptors (Lipinski definition) is 4. The first kappa shape index (κ1) is 18.5. The van der Waals surface area contributed by atoms with E-state index in [0.29, 0.717) is 4.90 Å². The maximum atomic E-state index is 10.2. The van der Waals surface area contributed by atoms with Crippen LogP contribution in [0, 0.1) is 0 Å². The Morgan fingerprint density at radius 1 is 1.19 bits per heavy atom. The summed E-state index contributed by atoms with van der Waals surface area (Å²) < 4.78 is 20.4. The molecular weight excluding hydrogens is 284 g/mol. The van der Waals surface area contributed by atoms with Crippen molar-refractivity contribution in [2.24, 2.45) is 0 Å². The van der Waals surface area contributed by atoms with E-state index in [9.17, 15) is 9.11 Å². The highest BCUT2D eigenvalue weighted by molar-refractivity contribution is 8.24. The van der Waals surface area contributed by atoms with Crippen molar-refractivity contribution in [1.82, 2.24) is 10.2 Å². The summed E-state index contributed by atoms with van der Waals surface area (Å²) in [6, 6.07) is 7.73. The Hall–Kier alpha value is -0.590. The molecule has 5 heteroatoms. The van der Waals surface area contributed by atoms with Crippen molar-refractivity contribution < 1.29 is 9.11 Å². The molecular formula is C16H30N2O2S. The van der Waals surface area contributed by atoms with Crippen LogP contribution in [0.25, 0.3) is 0 Å². The third-order valence-electron chi connectivity index (χ3n) is 3.52. The average Bonchev–Trinajstić information content (AvgIpc) is 2.50. The van der Waals surface area contributed by atoms with Crippen LogP contribution in [0.15, 0.2) is 29.2 Å². The molecule has 1 aromatic carbocycles. The van der Waals surface area contributed by atoms with E-state index < -0.39 is 10.6 Å². The van der Waals surface area contributed by atoms with E-state index in [0.717, 1.165) is 38.3 Å². The van der Waals surface area contributed by atoms with Gasteiger partial charge >= 0.3 is 0 Å². The van der Waals surface area contributed by atoms with Crippen molar-refractivity contribution in [3.05, 3.63) is 29.8 Å². The Kier molecular flexibility index (Phi) is 7.70. The molecule has 21 heavy (non-hydrogen) atoms. The monoisotopic (exact) mass is 314 g/mol. The van der Waals surface area contributed by atoms with Gasteiger partial charge in [-0.05, 0) is 31.5 Å². The van der Waals surface area contributed by atoms with E-state index in [-0.39, 0.29) is 5.25 Å². The smallest absolute Gasteiger partial charge is 0.0589 e. The molecule has 0 saturated carbocycles. The van der Waals surface area contributed by atoms with Crippen LogP contribution in [-0.4, -0.2) is 45.4 Å². The van der Waals surface area contributed by atoms with Gasteiger partial charge in [-0.3, -0.25) is 14.0 Å². The lowest BCUT2D eigenvalue weighted by molar-refractivity contribution is 0.233. The quantitative estimate of drug-likeness (QED) is 0.794. The third-order valence-corrected chi connectivity index (χ3v) is 5.78. The van der Waals surface area contributed by atoms with Gasteiger partial charge in [0.15, 0.2) is 0 Å². The molecule has 0 aliphatic carbocycles. The van der Waals surface area contributed by atoms with Gasteiger partial charge in [0.1, 0.15) is 0 Å². The van der Waals surface area contributed by atoms with Gasteiger partial charge in [0.2, 0.25) is 0 Å². The summed E-state index contributed by atoms with van der Waals surface area (Å²) in [6.07, 6.45) is 0. The first-order chi connectivity index (χ1) is 10.00. The molecule has 4 nitrogen and oxygen atoms in total. The predicted molar refractivity (Wildman–Crippen MR) is 92.2 cm³/mol. The zero-order chi connectivity index (χ0) is 15.9. The van der Waals surface area contributed by atoms with Crippen molar-refractivity contribution in [3.63, 3.8) is 0 Å². The van der Waals surface area contributed by atoms with E-state index in [4.69, 9.17) is 0 Å². The fourth-order valence-electron chi connectivity index (χ4n) is 2.23. The molecule has 0 spiro atoms. The molecule has 0 radical (unpaired) electrons. The van der Waals surface area contributed by atoms with Crippen LogP contribution in [0.4, 0.5) is 0 Å². The second kappa shape index (κ2) is 8.76. The van der Waals surface area contributed by atoms with Crippen molar-refractivity contribution in [3.8, 4) is 0 Å². The summed E-state index contributed by atoms with van der Waals surface area (Å²) in [4.78, 5) is 3.05. The summed E-state index contributed by atoms with van der Waals surface area (Å²) in [7, 11) is -2.67. The standard InChI is InChI=1S/C14H24N2O2S.C2H6/c1-12(2)19(17,18)14-5-3-4-13(10-14)11-16-8-6-15-7-9-16;1-2/h3-5,10,12,15,17-18H,6-9,11H2,1-2H3;1-2H3. The second-order valence-electron chi connectivity index (χ2n) is 5.32. The lowest BCUT2D eigenvalue weighted by atomic mass is 10.2. The molecule has 2 rings (SSSR count). The Labute approximate surface area is 130 Å². The Morgan fingerprint density at radius 3 is 2.38 bits per heavy atom. The molecule has 0 bridgehead atoms. The lowest BCUT2D eigenvalue weighted by Crippen LogP contribution is -2.42. The molecule has 0 unspecified atom stereocenters. The first-order valence-corrected chi connectivity index (χ1v) is 9.40. The molecule has 1 saturated heterocycles. The van der Waals surface area contributed by atoms with Crippen LogP contribution in [0.2, 0.25) is 0 Å². The molecule has 1 aliphatic rings. The van der Waals surface area contributed by atoms with E-state index in [1.54, 1.807) is 0 Å². The summed E-state index contributed by atoms with van der Waals surface area (Å²) >= 11 is 0. The summed E-state index contributed by atoms with van der Waals surface area (Å²) in [5.74, 6) is 0. The molecule has 3 N–H and O–H groups in total. The first-order valence-electron chi connectivity index (χ1n) is 7.79. The molecule has 1 aromatic rings. The Bertz CT molecular complexity index is 418. The van der Waals surface area contributed by atoms with Crippen LogP contribution in [0.5, 0.6) is 0 Å². The fraction of sp³-hybridized carbons (Fsp3) is 0.625. The number of rotatable bonds is 4. The zero-order valence-electron chi connectivity index (χ0n) is 13.7. The van der Waals surface area contributed by atoms with Gasteiger partial charge in [0.05, 0.1) is 4.90 Å². The molecule has 1 aliphatic heterocycles. The zero-order valence-corrected chi connectivity index (χ0v) is 14.5. The lowest BCUT2D eigenvalue weighted by Gasteiger charge is -2.37. The van der Waals surface area contributed by atoms with Crippen LogP contribution in [0.3, 0.4) is 0 Å². The van der Waals surface area contributed by atoms with Crippen molar-refractivity contribution in [1.29, 1.82) is 0 Å². The summed E-state index contributed by atoms with van der Waals surface area (Å²) in [6.45, 7) is 12.7. The minimum Gasteiger partial charge on any atom is -0.314 e. The van der Waals surface area contributed by atoms with E-state index >= 15 is 0 Å². The summed E-state index contributed by atoms with van der Waals surface area (Å²) in [5.41, 5.74) is 1.15. The highest BCUT2D eigenvalue weighted by atomic mass is 32.3. The van der Waals surface area contributed by atoms with Gasteiger partial charge in [-0.1, -0.05) is 26.0 Å². The molecule has 0 atom stereocenters. The Balaban J connectivity index is 0.00000106. The van der Waals surface area contributed by atoms with Crippen molar-refractivity contribution in [2.75, 3.05) is 26.2 Å². The topological polar surface area (TPSA) is 55.7 Å². The normalized spacial score (nSPS) is 17.3. The fourth-order valence-corrected chi connectivity index (χ4v) is 3.38. The van der Waals surface area contributed by atoms with Gasteiger partial charge in [0, 0.05) is 38.0 Å². The number of benzene rings is 1. The van der Waals surface area contributed by atoms with Crippen molar-refractivity contribution >= 4 is 10.6 Å². The molecule has 0 amide bonds. The minimum atomic E-state index is -2.67. The van der Waals surface area contributed by atoms with Crippen LogP contribution >= 0.6 is 10.6 Å². The molecule has 122 valence electrons. The van der Waals surface area contributed by atoms with Gasteiger partial charge in [-0.2, -0.15) is 10.6 Å².